The maximum Gasteiger partial charge on any atom is 0.145 e. The van der Waals surface area contributed by atoms with Crippen LogP contribution in [0, 0.1) is 0 Å². The van der Waals surface area contributed by atoms with Crippen molar-refractivity contribution in [2.24, 2.45) is 0 Å². The number of halogens is 1. The zero-order valence-electron chi connectivity index (χ0n) is 20.7. The first-order valence-corrected chi connectivity index (χ1v) is 13.4. The molecule has 1 aliphatic rings. The maximum absolute atomic E-state index is 5.27. The summed E-state index contributed by atoms with van der Waals surface area (Å²) in [7, 11) is 0. The molecule has 2 nitrogen and oxygen atoms in total. The van der Waals surface area contributed by atoms with Crippen LogP contribution in [0.3, 0.4) is 0 Å². The van der Waals surface area contributed by atoms with Gasteiger partial charge in [0.05, 0.1) is 11.0 Å². The Balaban J connectivity index is 1.46. The van der Waals surface area contributed by atoms with Crippen LogP contribution >= 0.6 is 15.9 Å². The molecule has 7 rings (SSSR count). The van der Waals surface area contributed by atoms with E-state index in [0.29, 0.717) is 0 Å². The van der Waals surface area contributed by atoms with Crippen molar-refractivity contribution in [3.8, 4) is 39.3 Å². The van der Waals surface area contributed by atoms with Crippen LogP contribution in [-0.4, -0.2) is 9.55 Å². The van der Waals surface area contributed by atoms with E-state index in [0.717, 1.165) is 38.1 Å². The highest BCUT2D eigenvalue weighted by Gasteiger charge is 2.35. The van der Waals surface area contributed by atoms with Crippen molar-refractivity contribution in [3.05, 3.63) is 131 Å². The number of hydrogen-bond donors (Lipinski definition) is 0. The van der Waals surface area contributed by atoms with Crippen LogP contribution < -0.4 is 0 Å². The van der Waals surface area contributed by atoms with Crippen molar-refractivity contribution < 1.29 is 0 Å². The van der Waals surface area contributed by atoms with Gasteiger partial charge in [-0.2, -0.15) is 0 Å². The van der Waals surface area contributed by atoms with E-state index in [2.05, 4.69) is 144 Å². The fourth-order valence-electron chi connectivity index (χ4n) is 5.83. The molecule has 0 radical (unpaired) electrons. The molecule has 0 fully saturated rings. The minimum Gasteiger partial charge on any atom is -0.292 e. The standard InChI is InChI=1S/C34H25BrN2/c1-34(2)29-20-23(16-18-27(29)28-19-17-24(35)21-30(28)34)26-14-9-15-31-32(26)36-33(22-10-5-3-6-11-22)37(31)25-12-7-4-8-13-25/h3-21H,1-2H3. The Hall–Kier alpha value is -3.95. The first-order valence-electron chi connectivity index (χ1n) is 12.6. The van der Waals surface area contributed by atoms with E-state index in [1.54, 1.807) is 0 Å². The van der Waals surface area contributed by atoms with Gasteiger partial charge in [-0.05, 0) is 64.2 Å². The zero-order chi connectivity index (χ0) is 25.1. The van der Waals surface area contributed by atoms with E-state index in [-0.39, 0.29) is 5.41 Å². The van der Waals surface area contributed by atoms with Gasteiger partial charge in [-0.25, -0.2) is 4.98 Å². The van der Waals surface area contributed by atoms with Crippen LogP contribution in [0.4, 0.5) is 0 Å². The molecule has 5 aromatic carbocycles. The second-order valence-electron chi connectivity index (χ2n) is 10.2. The van der Waals surface area contributed by atoms with E-state index in [9.17, 15) is 0 Å². The highest BCUT2D eigenvalue weighted by Crippen LogP contribution is 2.50. The van der Waals surface area contributed by atoms with Crippen LogP contribution in [0.25, 0.3) is 50.4 Å². The average Bonchev–Trinajstić information content (AvgIpc) is 3.43. The highest BCUT2D eigenvalue weighted by molar-refractivity contribution is 9.10. The van der Waals surface area contributed by atoms with Crippen LogP contribution in [0.5, 0.6) is 0 Å². The smallest absolute Gasteiger partial charge is 0.145 e. The summed E-state index contributed by atoms with van der Waals surface area (Å²) in [5.74, 6) is 0.952. The van der Waals surface area contributed by atoms with Crippen molar-refractivity contribution in [3.63, 3.8) is 0 Å². The topological polar surface area (TPSA) is 17.8 Å². The number of nitrogens with zero attached hydrogens (tertiary/aromatic N) is 2. The minimum atomic E-state index is -0.0725. The quantitative estimate of drug-likeness (QED) is 0.218. The molecule has 0 saturated carbocycles. The Morgan fingerprint density at radius 2 is 1.30 bits per heavy atom. The lowest BCUT2D eigenvalue weighted by Crippen LogP contribution is -2.15. The molecule has 0 unspecified atom stereocenters. The fraction of sp³-hybridized carbons (Fsp3) is 0.0882. The van der Waals surface area contributed by atoms with Crippen LogP contribution in [0.2, 0.25) is 0 Å². The maximum atomic E-state index is 5.27. The van der Waals surface area contributed by atoms with Crippen LogP contribution in [0.15, 0.2) is 120 Å². The number of fused-ring (bicyclic) bond motifs is 4. The highest BCUT2D eigenvalue weighted by atomic mass is 79.9. The molecule has 0 N–H and O–H groups in total. The summed E-state index contributed by atoms with van der Waals surface area (Å²) in [6, 6.07) is 41.1. The van der Waals surface area contributed by atoms with Gasteiger partial charge in [0.1, 0.15) is 5.82 Å². The summed E-state index contributed by atoms with van der Waals surface area (Å²) < 4.78 is 3.40. The normalized spacial score (nSPS) is 13.5. The SMILES string of the molecule is CC1(C)c2cc(Br)ccc2-c2ccc(-c3cccc4c3nc(-c3ccccc3)n4-c3ccccc3)cc21. The van der Waals surface area contributed by atoms with Gasteiger partial charge >= 0.3 is 0 Å². The molecule has 3 heteroatoms. The number of aromatic nitrogens is 2. The third kappa shape index (κ3) is 3.42. The predicted molar refractivity (Wildman–Crippen MR) is 157 cm³/mol. The molecule has 0 atom stereocenters. The number of imidazole rings is 1. The molecule has 6 aromatic rings. The second kappa shape index (κ2) is 8.29. The Bertz CT molecular complexity index is 1800. The van der Waals surface area contributed by atoms with E-state index >= 15 is 0 Å². The molecule has 0 saturated heterocycles. The third-order valence-corrected chi connectivity index (χ3v) is 8.17. The molecular formula is C34H25BrN2. The number of hydrogen-bond acceptors (Lipinski definition) is 1. The summed E-state index contributed by atoms with van der Waals surface area (Å²) in [4.78, 5) is 5.27. The summed E-state index contributed by atoms with van der Waals surface area (Å²) >= 11 is 3.68. The van der Waals surface area contributed by atoms with Crippen molar-refractivity contribution in [1.82, 2.24) is 9.55 Å². The molecule has 1 heterocycles. The van der Waals surface area contributed by atoms with Crippen molar-refractivity contribution in [1.29, 1.82) is 0 Å². The Morgan fingerprint density at radius 3 is 2.05 bits per heavy atom. The lowest BCUT2D eigenvalue weighted by molar-refractivity contribution is 0.660. The lowest BCUT2D eigenvalue weighted by atomic mass is 9.81. The summed E-state index contributed by atoms with van der Waals surface area (Å²) in [6.07, 6.45) is 0. The van der Waals surface area contributed by atoms with Gasteiger partial charge in [-0.3, -0.25) is 4.57 Å². The van der Waals surface area contributed by atoms with Crippen molar-refractivity contribution >= 4 is 27.0 Å². The van der Waals surface area contributed by atoms with Gasteiger partial charge in [-0.15, -0.1) is 0 Å². The van der Waals surface area contributed by atoms with Crippen molar-refractivity contribution in [2.75, 3.05) is 0 Å². The van der Waals surface area contributed by atoms with E-state index in [1.165, 1.54) is 27.8 Å². The third-order valence-electron chi connectivity index (χ3n) is 7.68. The van der Waals surface area contributed by atoms with Gasteiger partial charge in [0.2, 0.25) is 0 Å². The van der Waals surface area contributed by atoms with Gasteiger partial charge in [0.15, 0.2) is 0 Å². The first-order chi connectivity index (χ1) is 18.0. The Labute approximate surface area is 225 Å². The molecular weight excluding hydrogens is 516 g/mol. The monoisotopic (exact) mass is 540 g/mol. The predicted octanol–water partition coefficient (Wildman–Crippen LogP) is 9.43. The summed E-state index contributed by atoms with van der Waals surface area (Å²) in [5, 5.41) is 0. The minimum absolute atomic E-state index is 0.0725. The first kappa shape index (κ1) is 22.3. The molecule has 0 aliphatic heterocycles. The second-order valence-corrected chi connectivity index (χ2v) is 11.1. The summed E-state index contributed by atoms with van der Waals surface area (Å²) in [5.41, 5.74) is 12.0. The van der Waals surface area contributed by atoms with E-state index in [4.69, 9.17) is 4.98 Å². The van der Waals surface area contributed by atoms with Gasteiger partial charge in [0.25, 0.3) is 0 Å². The molecule has 0 bridgehead atoms. The lowest BCUT2D eigenvalue weighted by Gasteiger charge is -2.22. The Morgan fingerprint density at radius 1 is 0.622 bits per heavy atom. The number of benzene rings is 5. The number of para-hydroxylation sites is 2. The van der Waals surface area contributed by atoms with E-state index in [1.807, 2.05) is 6.07 Å². The molecule has 0 amide bonds. The average molecular weight is 541 g/mol. The molecule has 0 spiro atoms. The molecule has 37 heavy (non-hydrogen) atoms. The number of rotatable bonds is 3. The zero-order valence-corrected chi connectivity index (χ0v) is 22.3. The van der Waals surface area contributed by atoms with Crippen molar-refractivity contribution in [2.45, 2.75) is 19.3 Å². The molecule has 178 valence electrons. The van der Waals surface area contributed by atoms with Gasteiger partial charge in [0, 0.05) is 26.7 Å². The fourth-order valence-corrected chi connectivity index (χ4v) is 6.19. The van der Waals surface area contributed by atoms with Gasteiger partial charge in [-0.1, -0.05) is 109 Å². The summed E-state index contributed by atoms with van der Waals surface area (Å²) in [6.45, 7) is 4.65. The van der Waals surface area contributed by atoms with Gasteiger partial charge < -0.3 is 0 Å². The molecule has 1 aliphatic carbocycles. The van der Waals surface area contributed by atoms with E-state index < -0.39 is 0 Å². The largest absolute Gasteiger partial charge is 0.292 e. The Kier molecular flexibility index (Phi) is 4.99. The van der Waals surface area contributed by atoms with Crippen LogP contribution in [0.1, 0.15) is 25.0 Å². The molecule has 1 aromatic heterocycles. The van der Waals surface area contributed by atoms with Crippen LogP contribution in [-0.2, 0) is 5.41 Å².